The van der Waals surface area contributed by atoms with Gasteiger partial charge in [0.15, 0.2) is 11.5 Å². The summed E-state index contributed by atoms with van der Waals surface area (Å²) in [6, 6.07) is 15.7. The number of hydrogen-bond acceptors (Lipinski definition) is 5. The lowest BCUT2D eigenvalue weighted by Crippen LogP contribution is -2.27. The van der Waals surface area contributed by atoms with Crippen molar-refractivity contribution in [2.24, 2.45) is 5.73 Å². The first kappa shape index (κ1) is 22.5. The zero-order valence-corrected chi connectivity index (χ0v) is 18.1. The summed E-state index contributed by atoms with van der Waals surface area (Å²) in [4.78, 5) is 40.7. The van der Waals surface area contributed by atoms with Gasteiger partial charge in [-0.15, -0.1) is 0 Å². The number of carbonyl (C=O) groups excluding carboxylic acids is 3. The molecule has 1 heterocycles. The van der Waals surface area contributed by atoms with E-state index in [1.54, 1.807) is 37.5 Å². The van der Waals surface area contributed by atoms with Crippen LogP contribution in [-0.2, 0) is 11.3 Å². The van der Waals surface area contributed by atoms with Crippen molar-refractivity contribution >= 4 is 29.4 Å². The number of hydrogen-bond donors (Lipinski definition) is 3. The number of ether oxygens (including phenoxy) is 1. The summed E-state index contributed by atoms with van der Waals surface area (Å²) in [5, 5.41) is 5.22. The lowest BCUT2D eigenvalue weighted by atomic mass is 10.2. The quantitative estimate of drug-likeness (QED) is 0.545. The lowest BCUT2D eigenvalue weighted by Gasteiger charge is -2.19. The summed E-state index contributed by atoms with van der Waals surface area (Å²) in [6.07, 6.45) is 0.862. The first-order chi connectivity index (χ1) is 15.1. The SMILES string of the molecule is CC(C)(C)OC(=O)Nc1ccc(C(=O)Nc2ncn(Cc3ccccc3)c2C(N)=O)cc1. The molecule has 3 aromatic rings. The number of nitrogens with two attached hydrogens (primary N) is 1. The normalized spacial score (nSPS) is 11.0. The molecular formula is C23H25N5O4. The van der Waals surface area contributed by atoms with Crippen LogP contribution in [-0.4, -0.2) is 33.1 Å². The van der Waals surface area contributed by atoms with Crippen molar-refractivity contribution < 1.29 is 19.1 Å². The Morgan fingerprint density at radius 3 is 2.25 bits per heavy atom. The van der Waals surface area contributed by atoms with Gasteiger partial charge in [0.05, 0.1) is 6.33 Å². The number of rotatable bonds is 6. The summed E-state index contributed by atoms with van der Waals surface area (Å²) in [6.45, 7) is 5.68. The van der Waals surface area contributed by atoms with Crippen LogP contribution in [0.25, 0.3) is 0 Å². The lowest BCUT2D eigenvalue weighted by molar-refractivity contribution is 0.0635. The van der Waals surface area contributed by atoms with E-state index in [0.29, 0.717) is 17.8 Å². The van der Waals surface area contributed by atoms with Crippen LogP contribution >= 0.6 is 0 Å². The van der Waals surface area contributed by atoms with Gasteiger partial charge < -0.3 is 20.4 Å². The van der Waals surface area contributed by atoms with Crippen LogP contribution < -0.4 is 16.4 Å². The maximum atomic E-state index is 12.7. The number of aromatic nitrogens is 2. The van der Waals surface area contributed by atoms with Gasteiger partial charge in [0, 0.05) is 17.8 Å². The predicted molar refractivity (Wildman–Crippen MR) is 121 cm³/mol. The number of amides is 3. The summed E-state index contributed by atoms with van der Waals surface area (Å²) in [5.41, 5.74) is 6.76. The Morgan fingerprint density at radius 1 is 1.00 bits per heavy atom. The van der Waals surface area contributed by atoms with Gasteiger partial charge in [-0.25, -0.2) is 9.78 Å². The second-order valence-electron chi connectivity index (χ2n) is 8.08. The summed E-state index contributed by atoms with van der Waals surface area (Å²) in [5.74, 6) is -1.10. The van der Waals surface area contributed by atoms with Crippen molar-refractivity contribution in [1.29, 1.82) is 0 Å². The van der Waals surface area contributed by atoms with E-state index in [9.17, 15) is 14.4 Å². The zero-order chi connectivity index (χ0) is 23.3. The minimum absolute atomic E-state index is 0.0781. The fraction of sp³-hybridized carbons (Fsp3) is 0.217. The Bertz CT molecular complexity index is 1120. The molecular weight excluding hydrogens is 410 g/mol. The molecule has 0 aliphatic rings. The molecule has 9 heteroatoms. The molecule has 0 spiro atoms. The highest BCUT2D eigenvalue weighted by Gasteiger charge is 2.20. The van der Waals surface area contributed by atoms with Gasteiger partial charge in [0.2, 0.25) is 0 Å². The van der Waals surface area contributed by atoms with E-state index in [1.165, 1.54) is 18.5 Å². The topological polar surface area (TPSA) is 128 Å². The third-order valence-electron chi connectivity index (χ3n) is 4.29. The highest BCUT2D eigenvalue weighted by atomic mass is 16.6. The standard InChI is InChI=1S/C23H25N5O4/c1-23(2,3)32-22(31)26-17-11-9-16(10-12-17)21(30)27-20-18(19(24)29)28(14-25-20)13-15-7-5-4-6-8-15/h4-12,14H,13H2,1-3H3,(H2,24,29)(H,26,31)(H,27,30). The monoisotopic (exact) mass is 435 g/mol. The molecule has 0 saturated carbocycles. The molecule has 0 atom stereocenters. The molecule has 9 nitrogen and oxygen atoms in total. The Labute approximate surface area is 185 Å². The Morgan fingerprint density at radius 2 is 1.66 bits per heavy atom. The maximum absolute atomic E-state index is 12.7. The predicted octanol–water partition coefficient (Wildman–Crippen LogP) is 3.63. The van der Waals surface area contributed by atoms with Crippen LogP contribution in [0.1, 0.15) is 47.2 Å². The molecule has 2 aromatic carbocycles. The average molecular weight is 435 g/mol. The third kappa shape index (κ3) is 5.94. The number of anilines is 2. The van der Waals surface area contributed by atoms with Crippen LogP contribution in [0.5, 0.6) is 0 Å². The van der Waals surface area contributed by atoms with Crippen molar-refractivity contribution in [2.45, 2.75) is 32.9 Å². The van der Waals surface area contributed by atoms with E-state index in [1.807, 2.05) is 30.3 Å². The maximum Gasteiger partial charge on any atom is 0.412 e. The van der Waals surface area contributed by atoms with Gasteiger partial charge in [-0.1, -0.05) is 30.3 Å². The minimum Gasteiger partial charge on any atom is -0.444 e. The molecule has 32 heavy (non-hydrogen) atoms. The molecule has 4 N–H and O–H groups in total. The van der Waals surface area contributed by atoms with Crippen LogP contribution in [0.15, 0.2) is 60.9 Å². The number of primary amides is 1. The van der Waals surface area contributed by atoms with Gasteiger partial charge in [0.1, 0.15) is 5.60 Å². The van der Waals surface area contributed by atoms with E-state index in [-0.39, 0.29) is 11.5 Å². The molecule has 0 aliphatic carbocycles. The molecule has 0 fully saturated rings. The number of imidazole rings is 1. The number of nitrogens with one attached hydrogen (secondary N) is 2. The van der Waals surface area contributed by atoms with E-state index in [0.717, 1.165) is 5.56 Å². The van der Waals surface area contributed by atoms with Crippen LogP contribution in [0.3, 0.4) is 0 Å². The van der Waals surface area contributed by atoms with E-state index < -0.39 is 23.5 Å². The molecule has 0 unspecified atom stereocenters. The third-order valence-corrected chi connectivity index (χ3v) is 4.29. The van der Waals surface area contributed by atoms with Crippen molar-refractivity contribution in [1.82, 2.24) is 9.55 Å². The average Bonchev–Trinajstić information content (AvgIpc) is 3.10. The van der Waals surface area contributed by atoms with Crippen molar-refractivity contribution in [3.63, 3.8) is 0 Å². The van der Waals surface area contributed by atoms with Gasteiger partial charge >= 0.3 is 6.09 Å². The van der Waals surface area contributed by atoms with E-state index >= 15 is 0 Å². The van der Waals surface area contributed by atoms with E-state index in [4.69, 9.17) is 10.5 Å². The highest BCUT2D eigenvalue weighted by Crippen LogP contribution is 2.18. The molecule has 0 saturated heterocycles. The van der Waals surface area contributed by atoms with Gasteiger partial charge in [-0.2, -0.15) is 0 Å². The van der Waals surface area contributed by atoms with Gasteiger partial charge in [-0.05, 0) is 50.6 Å². The number of benzene rings is 2. The summed E-state index contributed by atoms with van der Waals surface area (Å²) >= 11 is 0. The van der Waals surface area contributed by atoms with Crippen molar-refractivity contribution in [3.05, 3.63) is 77.7 Å². The Kier molecular flexibility index (Phi) is 6.58. The van der Waals surface area contributed by atoms with Gasteiger partial charge in [-0.3, -0.25) is 14.9 Å². The van der Waals surface area contributed by atoms with Crippen LogP contribution in [0.4, 0.5) is 16.3 Å². The van der Waals surface area contributed by atoms with Gasteiger partial charge in [0.25, 0.3) is 11.8 Å². The fourth-order valence-corrected chi connectivity index (χ4v) is 2.94. The molecule has 166 valence electrons. The summed E-state index contributed by atoms with van der Waals surface area (Å²) in [7, 11) is 0. The zero-order valence-electron chi connectivity index (χ0n) is 18.1. The number of nitrogens with zero attached hydrogens (tertiary/aromatic N) is 2. The first-order valence-corrected chi connectivity index (χ1v) is 9.92. The molecule has 0 bridgehead atoms. The second-order valence-corrected chi connectivity index (χ2v) is 8.08. The largest absolute Gasteiger partial charge is 0.444 e. The van der Waals surface area contributed by atoms with Crippen molar-refractivity contribution in [3.8, 4) is 0 Å². The number of carbonyl (C=O) groups is 3. The second kappa shape index (κ2) is 9.34. The highest BCUT2D eigenvalue weighted by molar-refractivity contribution is 6.07. The Balaban J connectivity index is 1.70. The first-order valence-electron chi connectivity index (χ1n) is 9.92. The molecule has 0 aliphatic heterocycles. The van der Waals surface area contributed by atoms with Crippen LogP contribution in [0, 0.1) is 0 Å². The minimum atomic E-state index is -0.703. The molecule has 3 amide bonds. The molecule has 3 rings (SSSR count). The van der Waals surface area contributed by atoms with Crippen molar-refractivity contribution in [2.75, 3.05) is 10.6 Å². The Hall–Kier alpha value is -4.14. The fourth-order valence-electron chi connectivity index (χ4n) is 2.94. The smallest absolute Gasteiger partial charge is 0.412 e. The van der Waals surface area contributed by atoms with Crippen LogP contribution in [0.2, 0.25) is 0 Å². The molecule has 1 aromatic heterocycles. The molecule has 0 radical (unpaired) electrons. The summed E-state index contributed by atoms with van der Waals surface area (Å²) < 4.78 is 6.78. The van der Waals surface area contributed by atoms with E-state index in [2.05, 4.69) is 15.6 Å².